The van der Waals surface area contributed by atoms with Crippen molar-refractivity contribution in [2.24, 2.45) is 5.92 Å². The summed E-state index contributed by atoms with van der Waals surface area (Å²) >= 11 is 0. The van der Waals surface area contributed by atoms with Crippen molar-refractivity contribution in [3.63, 3.8) is 0 Å². The first kappa shape index (κ1) is 27.1. The zero-order chi connectivity index (χ0) is 27.7. The summed E-state index contributed by atoms with van der Waals surface area (Å²) in [6, 6.07) is 31.8. The Morgan fingerprint density at radius 2 is 1.30 bits per heavy atom. The molecule has 1 saturated heterocycles. The first-order valence-electron chi connectivity index (χ1n) is 13.5. The van der Waals surface area contributed by atoms with Gasteiger partial charge in [-0.2, -0.15) is 0 Å². The van der Waals surface area contributed by atoms with Crippen molar-refractivity contribution in [2.45, 2.75) is 32.0 Å². The van der Waals surface area contributed by atoms with Crippen LogP contribution in [-0.2, 0) is 29.2 Å². The van der Waals surface area contributed by atoms with Crippen LogP contribution in [-0.4, -0.2) is 26.8 Å². The van der Waals surface area contributed by atoms with Crippen LogP contribution in [0.5, 0.6) is 23.0 Å². The Morgan fingerprint density at radius 3 is 1.95 bits per heavy atom. The Hall–Kier alpha value is -4.45. The molecule has 0 N–H and O–H groups in total. The molecule has 1 aliphatic heterocycles. The lowest BCUT2D eigenvalue weighted by Crippen LogP contribution is -2.30. The zero-order valence-electron chi connectivity index (χ0n) is 22.9. The van der Waals surface area contributed by atoms with Crippen LogP contribution in [0.1, 0.15) is 34.6 Å². The number of benzene rings is 4. The molecule has 6 heteroatoms. The van der Waals surface area contributed by atoms with E-state index in [9.17, 15) is 4.79 Å². The molecule has 2 atom stereocenters. The number of ether oxygens (including phenoxy) is 5. The number of methoxy groups -OCH3 is 2. The molecular formula is C34H34O6. The smallest absolute Gasteiger partial charge is 0.309 e. The number of carbonyl (C=O) groups excluding carboxylic acids is 1. The Bertz CT molecular complexity index is 1400. The van der Waals surface area contributed by atoms with E-state index in [4.69, 9.17) is 23.7 Å². The first-order chi connectivity index (χ1) is 19.6. The third kappa shape index (κ3) is 6.75. The largest absolute Gasteiger partial charge is 0.493 e. The minimum atomic E-state index is -0.273. The monoisotopic (exact) mass is 538 g/mol. The molecular weight excluding hydrogens is 504 g/mol. The van der Waals surface area contributed by atoms with Gasteiger partial charge in [0, 0.05) is 5.92 Å². The summed E-state index contributed by atoms with van der Waals surface area (Å²) in [5.41, 5.74) is 4.19. The van der Waals surface area contributed by atoms with Crippen LogP contribution < -0.4 is 18.9 Å². The predicted molar refractivity (Wildman–Crippen MR) is 153 cm³/mol. The Labute approximate surface area is 235 Å². The van der Waals surface area contributed by atoms with Gasteiger partial charge in [0.2, 0.25) is 0 Å². The molecule has 40 heavy (non-hydrogen) atoms. The summed E-state index contributed by atoms with van der Waals surface area (Å²) in [7, 11) is 3.24. The highest BCUT2D eigenvalue weighted by molar-refractivity contribution is 5.74. The third-order valence-electron chi connectivity index (χ3n) is 7.17. The summed E-state index contributed by atoms with van der Waals surface area (Å²) in [5.74, 6) is 2.28. The molecule has 4 aromatic rings. The van der Waals surface area contributed by atoms with E-state index in [1.807, 2.05) is 97.1 Å². The average Bonchev–Trinajstić information content (AvgIpc) is 3.01. The van der Waals surface area contributed by atoms with Gasteiger partial charge in [0.1, 0.15) is 13.2 Å². The summed E-state index contributed by atoms with van der Waals surface area (Å²) in [6.45, 7) is 1.20. The Balaban J connectivity index is 1.32. The molecule has 0 aliphatic carbocycles. The molecule has 0 spiro atoms. The van der Waals surface area contributed by atoms with Crippen molar-refractivity contribution in [1.82, 2.24) is 0 Å². The fraction of sp³-hybridized carbons (Fsp3) is 0.265. The molecule has 1 unspecified atom stereocenters. The van der Waals surface area contributed by atoms with Crippen LogP contribution in [0, 0.1) is 5.92 Å². The third-order valence-corrected chi connectivity index (χ3v) is 7.17. The highest BCUT2D eigenvalue weighted by atomic mass is 16.5. The van der Waals surface area contributed by atoms with Gasteiger partial charge in [-0.15, -0.1) is 0 Å². The van der Waals surface area contributed by atoms with Crippen LogP contribution in [0.15, 0.2) is 97.1 Å². The minimum Gasteiger partial charge on any atom is -0.493 e. The Kier molecular flexibility index (Phi) is 8.86. The first-order valence-corrected chi connectivity index (χ1v) is 13.5. The van der Waals surface area contributed by atoms with Gasteiger partial charge in [-0.05, 0) is 59.4 Å². The summed E-state index contributed by atoms with van der Waals surface area (Å²) in [5, 5.41) is 0. The molecule has 6 nitrogen and oxygen atoms in total. The van der Waals surface area contributed by atoms with Crippen LogP contribution in [0.2, 0.25) is 0 Å². The second-order valence-corrected chi connectivity index (χ2v) is 9.91. The number of rotatable bonds is 11. The standard InChI is InChI=1S/C34H34O6/c1-36-30-16-14-27(20-32(30)37-2)29-19-28(34(35)40-23-29)17-26-13-15-31(38-21-24-9-5-3-6-10-24)33(18-26)39-22-25-11-7-4-8-12-25/h3-16,18,20,28-29H,17,19,21-23H2,1-2H3/t28?,29-/m1/s1. The molecule has 5 rings (SSSR count). The number of hydrogen-bond acceptors (Lipinski definition) is 6. The summed E-state index contributed by atoms with van der Waals surface area (Å²) in [6.07, 6.45) is 1.23. The van der Waals surface area contributed by atoms with E-state index >= 15 is 0 Å². The average molecular weight is 539 g/mol. The van der Waals surface area contributed by atoms with E-state index in [1.165, 1.54) is 0 Å². The molecule has 1 heterocycles. The van der Waals surface area contributed by atoms with Gasteiger partial charge in [-0.3, -0.25) is 4.79 Å². The fourth-order valence-electron chi connectivity index (χ4n) is 4.98. The van der Waals surface area contributed by atoms with Gasteiger partial charge < -0.3 is 23.7 Å². The van der Waals surface area contributed by atoms with Crippen molar-refractivity contribution < 1.29 is 28.5 Å². The van der Waals surface area contributed by atoms with Gasteiger partial charge in [0.25, 0.3) is 0 Å². The number of esters is 1. The quantitative estimate of drug-likeness (QED) is 0.197. The maximum Gasteiger partial charge on any atom is 0.309 e. The lowest BCUT2D eigenvalue weighted by atomic mass is 9.84. The molecule has 0 aromatic heterocycles. The fourth-order valence-corrected chi connectivity index (χ4v) is 4.98. The van der Waals surface area contributed by atoms with Crippen molar-refractivity contribution in [3.05, 3.63) is 119 Å². The van der Waals surface area contributed by atoms with E-state index in [1.54, 1.807) is 14.2 Å². The van der Waals surface area contributed by atoms with Crippen molar-refractivity contribution in [2.75, 3.05) is 20.8 Å². The number of hydrogen-bond donors (Lipinski definition) is 0. The molecule has 4 aromatic carbocycles. The highest BCUT2D eigenvalue weighted by Gasteiger charge is 2.32. The van der Waals surface area contributed by atoms with E-state index < -0.39 is 0 Å². The normalized spacial score (nSPS) is 16.6. The SMILES string of the molecule is COc1ccc([C@H]2COC(=O)C(Cc3ccc(OCc4ccccc4)c(OCc4ccccc4)c3)C2)cc1OC. The van der Waals surface area contributed by atoms with Gasteiger partial charge in [0.15, 0.2) is 23.0 Å². The molecule has 0 bridgehead atoms. The van der Waals surface area contributed by atoms with E-state index in [0.717, 1.165) is 22.3 Å². The maximum atomic E-state index is 12.8. The molecule has 1 aliphatic rings. The highest BCUT2D eigenvalue weighted by Crippen LogP contribution is 2.37. The lowest BCUT2D eigenvalue weighted by Gasteiger charge is -2.29. The Morgan fingerprint density at radius 1 is 0.675 bits per heavy atom. The second kappa shape index (κ2) is 13.1. The van der Waals surface area contributed by atoms with Crippen molar-refractivity contribution in [1.29, 1.82) is 0 Å². The topological polar surface area (TPSA) is 63.2 Å². The van der Waals surface area contributed by atoms with E-state index in [2.05, 4.69) is 0 Å². The summed E-state index contributed by atoms with van der Waals surface area (Å²) in [4.78, 5) is 12.8. The predicted octanol–water partition coefficient (Wildman–Crippen LogP) is 6.75. The van der Waals surface area contributed by atoms with E-state index in [0.29, 0.717) is 55.7 Å². The molecule has 0 radical (unpaired) electrons. The van der Waals surface area contributed by atoms with E-state index in [-0.39, 0.29) is 17.8 Å². The minimum absolute atomic E-state index is 0.0739. The van der Waals surface area contributed by atoms with Crippen LogP contribution in [0.25, 0.3) is 0 Å². The van der Waals surface area contributed by atoms with Crippen LogP contribution in [0.3, 0.4) is 0 Å². The molecule has 206 valence electrons. The lowest BCUT2D eigenvalue weighted by molar-refractivity contribution is -0.154. The van der Waals surface area contributed by atoms with Crippen molar-refractivity contribution >= 4 is 5.97 Å². The van der Waals surface area contributed by atoms with Crippen molar-refractivity contribution in [3.8, 4) is 23.0 Å². The second-order valence-electron chi connectivity index (χ2n) is 9.91. The van der Waals surface area contributed by atoms with Gasteiger partial charge >= 0.3 is 5.97 Å². The van der Waals surface area contributed by atoms with Crippen LogP contribution in [0.4, 0.5) is 0 Å². The van der Waals surface area contributed by atoms with Crippen LogP contribution >= 0.6 is 0 Å². The van der Waals surface area contributed by atoms with Gasteiger partial charge in [-0.25, -0.2) is 0 Å². The van der Waals surface area contributed by atoms with Gasteiger partial charge in [0.05, 0.1) is 26.7 Å². The summed E-state index contributed by atoms with van der Waals surface area (Å²) < 4.78 is 28.9. The zero-order valence-corrected chi connectivity index (χ0v) is 22.9. The molecule has 1 fully saturated rings. The number of carbonyl (C=O) groups is 1. The molecule has 0 amide bonds. The number of cyclic esters (lactones) is 1. The molecule has 0 saturated carbocycles. The van der Waals surface area contributed by atoms with Gasteiger partial charge in [-0.1, -0.05) is 72.8 Å². The maximum absolute atomic E-state index is 12.8.